The van der Waals surface area contributed by atoms with Gasteiger partial charge in [0.15, 0.2) is 0 Å². The number of hydrogen-bond acceptors (Lipinski definition) is 2. The van der Waals surface area contributed by atoms with Crippen molar-refractivity contribution in [2.45, 2.75) is 47.6 Å². The Bertz CT molecular complexity index is 283. The van der Waals surface area contributed by atoms with Crippen LogP contribution < -0.4 is 0 Å². The second kappa shape index (κ2) is 4.11. The Morgan fingerprint density at radius 3 is 2.57 bits per heavy atom. The van der Waals surface area contributed by atoms with Gasteiger partial charge in [-0.1, -0.05) is 27.7 Å². The minimum Gasteiger partial charge on any atom is -0.318 e. The third kappa shape index (κ3) is 2.56. The average Bonchev–Trinajstić information content (AvgIpc) is 2.50. The number of nitrogens with zero attached hydrogens (tertiary/aromatic N) is 3. The quantitative estimate of drug-likeness (QED) is 0.742. The van der Waals surface area contributed by atoms with Crippen LogP contribution in [0.1, 0.15) is 40.4 Å². The molecule has 0 aliphatic carbocycles. The monoisotopic (exact) mass is 195 g/mol. The van der Waals surface area contributed by atoms with Crippen LogP contribution >= 0.6 is 0 Å². The lowest BCUT2D eigenvalue weighted by molar-refractivity contribution is 0.254. The summed E-state index contributed by atoms with van der Waals surface area (Å²) in [5, 5.41) is 8.09. The molecule has 1 unspecified atom stereocenters. The van der Waals surface area contributed by atoms with E-state index in [9.17, 15) is 0 Å². The highest BCUT2D eigenvalue weighted by Crippen LogP contribution is 2.27. The van der Waals surface area contributed by atoms with Crippen LogP contribution in [-0.2, 0) is 13.0 Å². The third-order valence-electron chi connectivity index (χ3n) is 3.00. The molecule has 0 N–H and O–H groups in total. The third-order valence-corrected chi connectivity index (χ3v) is 3.00. The van der Waals surface area contributed by atoms with Crippen molar-refractivity contribution in [2.24, 2.45) is 11.3 Å². The molecule has 0 aliphatic rings. The van der Waals surface area contributed by atoms with Crippen molar-refractivity contribution in [3.8, 4) is 0 Å². The predicted octanol–water partition coefficient (Wildman–Crippen LogP) is 2.52. The summed E-state index contributed by atoms with van der Waals surface area (Å²) in [7, 11) is 0. The molecule has 0 saturated carbocycles. The van der Waals surface area contributed by atoms with Gasteiger partial charge in [0.2, 0.25) is 0 Å². The molecule has 0 fully saturated rings. The zero-order chi connectivity index (χ0) is 10.8. The van der Waals surface area contributed by atoms with E-state index in [2.05, 4.69) is 49.4 Å². The summed E-state index contributed by atoms with van der Waals surface area (Å²) in [6, 6.07) is 0. The minimum absolute atomic E-state index is 0.338. The van der Waals surface area contributed by atoms with Crippen molar-refractivity contribution in [3.05, 3.63) is 12.2 Å². The van der Waals surface area contributed by atoms with E-state index in [0.29, 0.717) is 11.3 Å². The van der Waals surface area contributed by atoms with E-state index in [1.165, 1.54) is 0 Å². The standard InChI is InChI=1S/C11H21N3/c1-6-14-8-12-13-10(14)7-9(2)11(3,4)5/h8-9H,6-7H2,1-5H3. The highest BCUT2D eigenvalue weighted by molar-refractivity contribution is 4.89. The van der Waals surface area contributed by atoms with E-state index >= 15 is 0 Å². The maximum Gasteiger partial charge on any atom is 0.133 e. The molecular weight excluding hydrogens is 174 g/mol. The Labute approximate surface area is 86.5 Å². The highest BCUT2D eigenvalue weighted by Gasteiger charge is 2.21. The van der Waals surface area contributed by atoms with Crippen LogP contribution in [0.4, 0.5) is 0 Å². The topological polar surface area (TPSA) is 30.7 Å². The van der Waals surface area contributed by atoms with E-state index in [-0.39, 0.29) is 0 Å². The normalized spacial score (nSPS) is 14.4. The highest BCUT2D eigenvalue weighted by atomic mass is 15.3. The molecule has 14 heavy (non-hydrogen) atoms. The molecule has 0 aliphatic heterocycles. The number of aromatic nitrogens is 3. The lowest BCUT2D eigenvalue weighted by atomic mass is 9.80. The molecule has 0 saturated heterocycles. The van der Waals surface area contributed by atoms with Gasteiger partial charge < -0.3 is 4.57 Å². The van der Waals surface area contributed by atoms with Crippen molar-refractivity contribution in [2.75, 3.05) is 0 Å². The first-order valence-electron chi connectivity index (χ1n) is 5.31. The van der Waals surface area contributed by atoms with Crippen LogP contribution in [-0.4, -0.2) is 14.8 Å². The molecule has 80 valence electrons. The number of rotatable bonds is 3. The second-order valence-corrected chi connectivity index (χ2v) is 5.00. The molecule has 0 spiro atoms. The summed E-state index contributed by atoms with van der Waals surface area (Å²) in [4.78, 5) is 0. The molecule has 1 rings (SSSR count). The SMILES string of the molecule is CCn1cnnc1CC(C)C(C)(C)C. The molecule has 1 heterocycles. The fourth-order valence-corrected chi connectivity index (χ4v) is 1.28. The first kappa shape index (κ1) is 11.2. The Morgan fingerprint density at radius 2 is 2.07 bits per heavy atom. The lowest BCUT2D eigenvalue weighted by Crippen LogP contribution is -2.21. The van der Waals surface area contributed by atoms with Crippen molar-refractivity contribution in [1.82, 2.24) is 14.8 Å². The van der Waals surface area contributed by atoms with Crippen LogP contribution in [0.15, 0.2) is 6.33 Å². The maximum atomic E-state index is 4.15. The summed E-state index contributed by atoms with van der Waals surface area (Å²) in [6.07, 6.45) is 2.82. The van der Waals surface area contributed by atoms with E-state index in [0.717, 1.165) is 18.8 Å². The van der Waals surface area contributed by atoms with Gasteiger partial charge >= 0.3 is 0 Å². The molecule has 0 radical (unpaired) electrons. The van der Waals surface area contributed by atoms with Crippen LogP contribution in [0.2, 0.25) is 0 Å². The van der Waals surface area contributed by atoms with E-state index < -0.39 is 0 Å². The van der Waals surface area contributed by atoms with Crippen molar-refractivity contribution < 1.29 is 0 Å². The van der Waals surface area contributed by atoms with E-state index in [1.54, 1.807) is 0 Å². The number of aryl methyl sites for hydroxylation is 1. The molecule has 1 atom stereocenters. The Kier molecular flexibility index (Phi) is 3.29. The van der Waals surface area contributed by atoms with Crippen molar-refractivity contribution in [3.63, 3.8) is 0 Å². The second-order valence-electron chi connectivity index (χ2n) is 5.00. The van der Waals surface area contributed by atoms with Gasteiger partial charge in [0.05, 0.1) is 0 Å². The van der Waals surface area contributed by atoms with Crippen LogP contribution in [0.5, 0.6) is 0 Å². The summed E-state index contributed by atoms with van der Waals surface area (Å²) >= 11 is 0. The smallest absolute Gasteiger partial charge is 0.133 e. The van der Waals surface area contributed by atoms with Gasteiger partial charge in [-0.15, -0.1) is 10.2 Å². The molecule has 1 aromatic rings. The van der Waals surface area contributed by atoms with Gasteiger partial charge in [-0.2, -0.15) is 0 Å². The molecule has 3 nitrogen and oxygen atoms in total. The van der Waals surface area contributed by atoms with Gasteiger partial charge in [-0.05, 0) is 18.3 Å². The average molecular weight is 195 g/mol. The van der Waals surface area contributed by atoms with Crippen molar-refractivity contribution >= 4 is 0 Å². The number of hydrogen-bond donors (Lipinski definition) is 0. The summed E-state index contributed by atoms with van der Waals surface area (Å²) in [5.41, 5.74) is 0.338. The minimum atomic E-state index is 0.338. The van der Waals surface area contributed by atoms with Gasteiger partial charge in [0.1, 0.15) is 12.2 Å². The molecule has 3 heteroatoms. The summed E-state index contributed by atoms with van der Waals surface area (Å²) in [6.45, 7) is 12.2. The Morgan fingerprint density at radius 1 is 1.43 bits per heavy atom. The molecule has 0 aromatic carbocycles. The van der Waals surface area contributed by atoms with Crippen LogP contribution in [0.3, 0.4) is 0 Å². The lowest BCUT2D eigenvalue weighted by Gasteiger charge is -2.26. The predicted molar refractivity (Wildman–Crippen MR) is 58.0 cm³/mol. The first-order valence-corrected chi connectivity index (χ1v) is 5.31. The zero-order valence-corrected chi connectivity index (χ0v) is 9.91. The Balaban J connectivity index is 2.69. The summed E-state index contributed by atoms with van der Waals surface area (Å²) < 4.78 is 2.11. The van der Waals surface area contributed by atoms with Crippen LogP contribution in [0.25, 0.3) is 0 Å². The van der Waals surface area contributed by atoms with Gasteiger partial charge in [0.25, 0.3) is 0 Å². The summed E-state index contributed by atoms with van der Waals surface area (Å²) in [5.74, 6) is 1.73. The first-order chi connectivity index (χ1) is 6.45. The molecular formula is C11H21N3. The fraction of sp³-hybridized carbons (Fsp3) is 0.818. The molecule has 1 aromatic heterocycles. The van der Waals surface area contributed by atoms with Crippen molar-refractivity contribution in [1.29, 1.82) is 0 Å². The maximum absolute atomic E-state index is 4.15. The Hall–Kier alpha value is -0.860. The molecule has 0 amide bonds. The van der Waals surface area contributed by atoms with E-state index in [4.69, 9.17) is 0 Å². The van der Waals surface area contributed by atoms with Gasteiger partial charge in [-0.3, -0.25) is 0 Å². The van der Waals surface area contributed by atoms with Crippen LogP contribution in [0, 0.1) is 11.3 Å². The zero-order valence-electron chi connectivity index (χ0n) is 9.91. The van der Waals surface area contributed by atoms with Gasteiger partial charge in [0, 0.05) is 13.0 Å². The van der Waals surface area contributed by atoms with E-state index in [1.807, 2.05) is 6.33 Å². The van der Waals surface area contributed by atoms with Gasteiger partial charge in [-0.25, -0.2) is 0 Å². The molecule has 0 bridgehead atoms. The largest absolute Gasteiger partial charge is 0.318 e. The fourth-order valence-electron chi connectivity index (χ4n) is 1.28.